The Morgan fingerprint density at radius 3 is 2.14 bits per heavy atom. The van der Waals surface area contributed by atoms with Gasteiger partial charge in [0.15, 0.2) is 0 Å². The van der Waals surface area contributed by atoms with Crippen LogP contribution in [0, 0.1) is 0 Å². The zero-order chi connectivity index (χ0) is 20.3. The highest BCUT2D eigenvalue weighted by Gasteiger charge is 2.52. The van der Waals surface area contributed by atoms with E-state index in [9.17, 15) is 5.11 Å². The van der Waals surface area contributed by atoms with Gasteiger partial charge in [0, 0.05) is 5.41 Å². The topological polar surface area (TPSA) is 38.7 Å². The minimum Gasteiger partial charge on any atom is -0.400 e. The summed E-state index contributed by atoms with van der Waals surface area (Å²) in [6.45, 7) is 12.5. The van der Waals surface area contributed by atoms with Crippen molar-refractivity contribution in [2.24, 2.45) is 0 Å². The number of aliphatic hydroxyl groups excluding tert-OH is 1. The predicted octanol–water partition coefficient (Wildman–Crippen LogP) is 5.00. The zero-order valence-corrected chi connectivity index (χ0v) is 17.7. The van der Waals surface area contributed by atoms with Gasteiger partial charge < -0.3 is 14.4 Å². The van der Waals surface area contributed by atoms with Gasteiger partial charge in [-0.2, -0.15) is 0 Å². The second kappa shape index (κ2) is 6.31. The van der Waals surface area contributed by atoms with E-state index >= 15 is 0 Å². The molecule has 2 aliphatic rings. The fourth-order valence-electron chi connectivity index (χ4n) is 4.21. The maximum Gasteiger partial charge on any atom is 0.492 e. The number of rotatable bonds is 3. The number of hydrogen-bond acceptors (Lipinski definition) is 3. The first kappa shape index (κ1) is 19.4. The molecule has 0 atom stereocenters. The van der Waals surface area contributed by atoms with Crippen molar-refractivity contribution in [1.29, 1.82) is 0 Å². The average molecular weight is 376 g/mol. The maximum absolute atomic E-state index is 10.00. The van der Waals surface area contributed by atoms with Gasteiger partial charge >= 0.3 is 7.12 Å². The second-order valence-electron chi connectivity index (χ2n) is 9.44. The third-order valence-electron chi connectivity index (χ3n) is 6.70. The van der Waals surface area contributed by atoms with E-state index in [0.717, 1.165) is 11.0 Å². The summed E-state index contributed by atoms with van der Waals surface area (Å²) in [7, 11) is -0.534. The van der Waals surface area contributed by atoms with Crippen LogP contribution >= 0.6 is 0 Å². The summed E-state index contributed by atoms with van der Waals surface area (Å²) in [5.41, 5.74) is 6.18. The summed E-state index contributed by atoms with van der Waals surface area (Å²) < 4.78 is 12.2. The highest BCUT2D eigenvalue weighted by atomic mass is 16.7. The molecular weight excluding hydrogens is 347 g/mol. The van der Waals surface area contributed by atoms with E-state index in [1.165, 1.54) is 22.3 Å². The van der Waals surface area contributed by atoms with Gasteiger partial charge in [0.2, 0.25) is 0 Å². The first-order valence-corrected chi connectivity index (χ1v) is 9.98. The molecule has 1 saturated heterocycles. The fourth-order valence-corrected chi connectivity index (χ4v) is 4.21. The van der Waals surface area contributed by atoms with Crippen LogP contribution in [-0.2, 0) is 14.7 Å². The molecule has 0 aromatic heterocycles. The number of aliphatic hydroxyl groups is 1. The largest absolute Gasteiger partial charge is 0.492 e. The number of fused-ring (bicyclic) bond motifs is 3. The Bertz CT molecular complexity index is 940. The maximum atomic E-state index is 10.00. The van der Waals surface area contributed by atoms with Gasteiger partial charge in [0.25, 0.3) is 0 Å². The molecule has 0 amide bonds. The molecule has 0 spiro atoms. The monoisotopic (exact) mass is 376 g/mol. The molecule has 4 rings (SSSR count). The molecule has 1 N–H and O–H groups in total. The van der Waals surface area contributed by atoms with Crippen molar-refractivity contribution >= 4 is 13.2 Å². The summed E-state index contributed by atoms with van der Waals surface area (Å²) >= 11 is 0. The molecule has 1 fully saturated rings. The lowest BCUT2D eigenvalue weighted by molar-refractivity contribution is 0.00578. The van der Waals surface area contributed by atoms with Crippen molar-refractivity contribution in [2.75, 3.05) is 6.61 Å². The molecule has 0 bridgehead atoms. The normalized spacial score (nSPS) is 21.5. The lowest BCUT2D eigenvalue weighted by Gasteiger charge is -2.32. The van der Waals surface area contributed by atoms with Crippen molar-refractivity contribution in [1.82, 2.24) is 0 Å². The van der Waals surface area contributed by atoms with Crippen LogP contribution in [0.2, 0.25) is 0 Å². The summed E-state index contributed by atoms with van der Waals surface area (Å²) in [6, 6.07) is 15.1. The third-order valence-corrected chi connectivity index (χ3v) is 6.70. The van der Waals surface area contributed by atoms with E-state index in [2.05, 4.69) is 56.3 Å². The van der Waals surface area contributed by atoms with Crippen molar-refractivity contribution in [3.63, 3.8) is 0 Å². The Morgan fingerprint density at radius 1 is 0.893 bits per heavy atom. The van der Waals surface area contributed by atoms with Gasteiger partial charge in [-0.1, -0.05) is 62.4 Å². The highest BCUT2D eigenvalue weighted by molar-refractivity contribution is 6.55. The smallest absolute Gasteiger partial charge is 0.400 e. The molecule has 146 valence electrons. The van der Waals surface area contributed by atoms with Gasteiger partial charge in [0.05, 0.1) is 17.8 Å². The van der Waals surface area contributed by atoms with Gasteiger partial charge in [0.1, 0.15) is 0 Å². The first-order valence-electron chi connectivity index (χ1n) is 9.98. The summed E-state index contributed by atoms with van der Waals surface area (Å²) in [5.74, 6) is 0. The first-order chi connectivity index (χ1) is 13.1. The van der Waals surface area contributed by atoms with E-state index in [4.69, 9.17) is 9.31 Å². The van der Waals surface area contributed by atoms with Crippen molar-refractivity contribution in [3.05, 3.63) is 64.6 Å². The molecule has 1 aliphatic carbocycles. The summed E-state index contributed by atoms with van der Waals surface area (Å²) in [6.07, 6.45) is 2.00. The van der Waals surface area contributed by atoms with E-state index in [1.807, 2.05) is 33.8 Å². The number of hydrogen-bond donors (Lipinski definition) is 1. The molecule has 1 aliphatic heterocycles. The standard InChI is InChI=1S/C24H29BO3/c1-22(2)20-10-8-7-9-18(20)19-12-11-16(14-21(19)22)13-17(15-26)25-27-23(3,4)24(5,6)28-25/h7-14,26H,15H2,1-6H3. The molecule has 2 aromatic carbocycles. The fraction of sp³-hybridized carbons (Fsp3) is 0.417. The lowest BCUT2D eigenvalue weighted by atomic mass is 9.77. The Hall–Kier alpha value is -1.88. The second-order valence-corrected chi connectivity index (χ2v) is 9.44. The Kier molecular flexibility index (Phi) is 4.38. The third kappa shape index (κ3) is 2.86. The van der Waals surface area contributed by atoms with Crippen LogP contribution in [0.25, 0.3) is 17.2 Å². The zero-order valence-electron chi connectivity index (χ0n) is 17.7. The molecule has 1 heterocycles. The lowest BCUT2D eigenvalue weighted by Crippen LogP contribution is -2.41. The summed E-state index contributed by atoms with van der Waals surface area (Å²) in [5, 5.41) is 10.00. The van der Waals surface area contributed by atoms with Crippen LogP contribution in [0.15, 0.2) is 47.9 Å². The molecule has 3 nitrogen and oxygen atoms in total. The van der Waals surface area contributed by atoms with E-state index < -0.39 is 18.3 Å². The predicted molar refractivity (Wildman–Crippen MR) is 115 cm³/mol. The van der Waals surface area contributed by atoms with E-state index in [-0.39, 0.29) is 12.0 Å². The Morgan fingerprint density at radius 2 is 1.50 bits per heavy atom. The van der Waals surface area contributed by atoms with Gasteiger partial charge in [-0.3, -0.25) is 0 Å². The Balaban J connectivity index is 1.71. The molecule has 0 unspecified atom stereocenters. The van der Waals surface area contributed by atoms with Crippen LogP contribution in [0.3, 0.4) is 0 Å². The van der Waals surface area contributed by atoms with Gasteiger partial charge in [-0.15, -0.1) is 0 Å². The van der Waals surface area contributed by atoms with Crippen molar-refractivity contribution in [2.45, 2.75) is 58.2 Å². The van der Waals surface area contributed by atoms with Crippen molar-refractivity contribution in [3.8, 4) is 11.1 Å². The highest BCUT2D eigenvalue weighted by Crippen LogP contribution is 2.48. The molecule has 0 saturated carbocycles. The summed E-state index contributed by atoms with van der Waals surface area (Å²) in [4.78, 5) is 0. The van der Waals surface area contributed by atoms with Gasteiger partial charge in [-0.05, 0) is 61.0 Å². The molecule has 28 heavy (non-hydrogen) atoms. The van der Waals surface area contributed by atoms with Crippen LogP contribution in [-0.4, -0.2) is 30.0 Å². The van der Waals surface area contributed by atoms with Crippen LogP contribution in [0.5, 0.6) is 0 Å². The van der Waals surface area contributed by atoms with Crippen LogP contribution < -0.4 is 0 Å². The van der Waals surface area contributed by atoms with E-state index in [1.54, 1.807) is 0 Å². The quantitative estimate of drug-likeness (QED) is 0.767. The molecular formula is C24H29BO3. The van der Waals surface area contributed by atoms with Crippen molar-refractivity contribution < 1.29 is 14.4 Å². The average Bonchev–Trinajstić information content (AvgIpc) is 3.00. The minimum atomic E-state index is -0.534. The Labute approximate surface area is 168 Å². The SMILES string of the molecule is CC1(C)c2ccccc2-c2ccc(C=C(CO)B3OC(C)(C)C(C)(C)O3)cc21. The van der Waals surface area contributed by atoms with E-state index in [0.29, 0.717) is 0 Å². The van der Waals surface area contributed by atoms with Crippen LogP contribution in [0.4, 0.5) is 0 Å². The minimum absolute atomic E-state index is 0.0422. The molecule has 2 aromatic rings. The number of benzene rings is 2. The van der Waals surface area contributed by atoms with Crippen LogP contribution in [0.1, 0.15) is 58.2 Å². The molecule has 4 heteroatoms. The molecule has 0 radical (unpaired) electrons. The van der Waals surface area contributed by atoms with Gasteiger partial charge in [-0.25, -0.2) is 0 Å².